The molecule has 0 heterocycles. The zero-order chi connectivity index (χ0) is 18.9. The Kier molecular flexibility index (Phi) is 7.21. The Hall–Kier alpha value is -2.82. The van der Waals surface area contributed by atoms with Crippen LogP contribution in [0.3, 0.4) is 0 Å². The molecule has 2 N–H and O–H groups in total. The van der Waals surface area contributed by atoms with E-state index in [1.165, 1.54) is 11.1 Å². The molecule has 0 aliphatic rings. The van der Waals surface area contributed by atoms with Crippen molar-refractivity contribution in [1.82, 2.24) is 5.32 Å². The third kappa shape index (κ3) is 6.59. The van der Waals surface area contributed by atoms with E-state index in [0.29, 0.717) is 18.7 Å². The second kappa shape index (κ2) is 9.61. The van der Waals surface area contributed by atoms with E-state index in [4.69, 9.17) is 9.84 Å². The zero-order valence-electron chi connectivity index (χ0n) is 15.2. The highest BCUT2D eigenvalue weighted by atomic mass is 16.5. The van der Waals surface area contributed by atoms with Crippen LogP contribution in [-0.4, -0.2) is 30.1 Å². The van der Waals surface area contributed by atoms with Gasteiger partial charge in [0.15, 0.2) is 6.61 Å². The first-order chi connectivity index (χ1) is 12.4. The van der Waals surface area contributed by atoms with Gasteiger partial charge in [-0.1, -0.05) is 48.9 Å². The van der Waals surface area contributed by atoms with Crippen LogP contribution in [0.15, 0.2) is 48.5 Å². The lowest BCUT2D eigenvalue weighted by Crippen LogP contribution is -2.30. The van der Waals surface area contributed by atoms with Gasteiger partial charge >= 0.3 is 5.97 Å². The molecule has 0 aliphatic heterocycles. The van der Waals surface area contributed by atoms with Crippen LogP contribution in [0.25, 0.3) is 0 Å². The molecule has 0 aromatic heterocycles. The molecular weight excluding hydrogens is 330 g/mol. The maximum atomic E-state index is 11.8. The summed E-state index contributed by atoms with van der Waals surface area (Å²) in [5, 5.41) is 11.8. The number of carboxylic acids is 1. The van der Waals surface area contributed by atoms with E-state index in [-0.39, 0.29) is 12.5 Å². The lowest BCUT2D eigenvalue weighted by atomic mass is 10.0. The quantitative estimate of drug-likeness (QED) is 0.725. The first kappa shape index (κ1) is 19.5. The van der Waals surface area contributed by atoms with Crippen molar-refractivity contribution in [2.75, 3.05) is 13.2 Å². The van der Waals surface area contributed by atoms with Gasteiger partial charge in [-0.3, -0.25) is 9.59 Å². The molecule has 2 aromatic rings. The predicted octanol–water partition coefficient (Wildman–Crippen LogP) is 3.00. The van der Waals surface area contributed by atoms with Gasteiger partial charge in [-0.15, -0.1) is 0 Å². The van der Waals surface area contributed by atoms with Gasteiger partial charge in [0.2, 0.25) is 0 Å². The minimum atomic E-state index is -0.812. The lowest BCUT2D eigenvalue weighted by molar-refractivity contribution is -0.141. The highest BCUT2D eigenvalue weighted by Gasteiger charge is 2.11. The SMILES string of the molecule is Cc1ccc(CCNC(=O)COc2ccc(CC(C)C(=O)O)cc2)cc1. The predicted molar refractivity (Wildman–Crippen MR) is 100 cm³/mol. The lowest BCUT2D eigenvalue weighted by Gasteiger charge is -2.09. The van der Waals surface area contributed by atoms with Gasteiger partial charge in [0, 0.05) is 6.54 Å². The molecule has 2 rings (SSSR count). The largest absolute Gasteiger partial charge is 0.484 e. The summed E-state index contributed by atoms with van der Waals surface area (Å²) in [5.41, 5.74) is 3.33. The number of aliphatic carboxylic acids is 1. The molecular formula is C21H25NO4. The number of carbonyl (C=O) groups is 2. The summed E-state index contributed by atoms with van der Waals surface area (Å²) in [4.78, 5) is 22.7. The van der Waals surface area contributed by atoms with E-state index in [1.807, 2.05) is 19.1 Å². The topological polar surface area (TPSA) is 75.6 Å². The van der Waals surface area contributed by atoms with Gasteiger partial charge in [-0.25, -0.2) is 0 Å². The Morgan fingerprint density at radius 3 is 2.27 bits per heavy atom. The monoisotopic (exact) mass is 355 g/mol. The third-order valence-corrected chi connectivity index (χ3v) is 4.11. The van der Waals surface area contributed by atoms with Crippen molar-refractivity contribution in [1.29, 1.82) is 0 Å². The van der Waals surface area contributed by atoms with Crippen LogP contribution in [0.1, 0.15) is 23.6 Å². The van der Waals surface area contributed by atoms with E-state index in [2.05, 4.69) is 29.6 Å². The molecule has 1 unspecified atom stereocenters. The van der Waals surface area contributed by atoms with Crippen molar-refractivity contribution < 1.29 is 19.4 Å². The Balaban J connectivity index is 1.69. The minimum absolute atomic E-state index is 0.0429. The summed E-state index contributed by atoms with van der Waals surface area (Å²) in [6.45, 7) is 4.24. The van der Waals surface area contributed by atoms with Crippen LogP contribution < -0.4 is 10.1 Å². The van der Waals surface area contributed by atoms with Crippen LogP contribution in [0, 0.1) is 12.8 Å². The smallest absolute Gasteiger partial charge is 0.306 e. The zero-order valence-corrected chi connectivity index (χ0v) is 15.2. The fraction of sp³-hybridized carbons (Fsp3) is 0.333. The Morgan fingerprint density at radius 1 is 1.04 bits per heavy atom. The number of benzene rings is 2. The number of nitrogens with one attached hydrogen (secondary N) is 1. The molecule has 0 spiro atoms. The molecule has 138 valence electrons. The van der Waals surface area contributed by atoms with Gasteiger partial charge in [-0.2, -0.15) is 0 Å². The number of ether oxygens (including phenoxy) is 1. The maximum Gasteiger partial charge on any atom is 0.306 e. The normalized spacial score (nSPS) is 11.6. The third-order valence-electron chi connectivity index (χ3n) is 4.11. The molecule has 1 atom stereocenters. The van der Waals surface area contributed by atoms with Gasteiger partial charge in [-0.05, 0) is 43.0 Å². The molecule has 2 aromatic carbocycles. The first-order valence-electron chi connectivity index (χ1n) is 8.71. The second-order valence-corrected chi connectivity index (χ2v) is 6.46. The molecule has 5 nitrogen and oxygen atoms in total. The van der Waals surface area contributed by atoms with Gasteiger partial charge in [0.1, 0.15) is 5.75 Å². The van der Waals surface area contributed by atoms with Crippen molar-refractivity contribution in [2.24, 2.45) is 5.92 Å². The number of carbonyl (C=O) groups excluding carboxylic acids is 1. The second-order valence-electron chi connectivity index (χ2n) is 6.46. The van der Waals surface area contributed by atoms with Gasteiger partial charge in [0.05, 0.1) is 5.92 Å². The minimum Gasteiger partial charge on any atom is -0.484 e. The summed E-state index contributed by atoms with van der Waals surface area (Å²) in [6.07, 6.45) is 1.25. The van der Waals surface area contributed by atoms with Gasteiger partial charge < -0.3 is 15.2 Å². The van der Waals surface area contributed by atoms with E-state index in [1.54, 1.807) is 19.1 Å². The summed E-state index contributed by atoms with van der Waals surface area (Å²) in [7, 11) is 0. The summed E-state index contributed by atoms with van der Waals surface area (Å²) in [6, 6.07) is 15.4. The van der Waals surface area contributed by atoms with E-state index < -0.39 is 11.9 Å². The molecule has 0 aliphatic carbocycles. The Bertz CT molecular complexity index is 723. The van der Waals surface area contributed by atoms with Crippen molar-refractivity contribution in [3.63, 3.8) is 0 Å². The van der Waals surface area contributed by atoms with Crippen LogP contribution in [0.2, 0.25) is 0 Å². The molecule has 0 bridgehead atoms. The number of rotatable bonds is 9. The maximum absolute atomic E-state index is 11.8. The average Bonchev–Trinajstić information content (AvgIpc) is 2.62. The summed E-state index contributed by atoms with van der Waals surface area (Å²) < 4.78 is 5.47. The first-order valence-corrected chi connectivity index (χ1v) is 8.71. The molecule has 0 fully saturated rings. The summed E-state index contributed by atoms with van der Waals surface area (Å²) >= 11 is 0. The van der Waals surface area contributed by atoms with E-state index >= 15 is 0 Å². The Labute approximate surface area is 154 Å². The van der Waals surface area contributed by atoms with E-state index in [9.17, 15) is 9.59 Å². The highest BCUT2D eigenvalue weighted by Crippen LogP contribution is 2.15. The van der Waals surface area contributed by atoms with Crippen LogP contribution in [0.4, 0.5) is 0 Å². The van der Waals surface area contributed by atoms with Crippen molar-refractivity contribution >= 4 is 11.9 Å². The number of hydrogen-bond acceptors (Lipinski definition) is 3. The molecule has 0 saturated carbocycles. The number of hydrogen-bond donors (Lipinski definition) is 2. The van der Waals surface area contributed by atoms with Gasteiger partial charge in [0.25, 0.3) is 5.91 Å². The molecule has 0 saturated heterocycles. The van der Waals surface area contributed by atoms with Crippen molar-refractivity contribution in [2.45, 2.75) is 26.7 Å². The van der Waals surface area contributed by atoms with Crippen LogP contribution >= 0.6 is 0 Å². The fourth-order valence-corrected chi connectivity index (χ4v) is 2.46. The number of aryl methyl sites for hydroxylation is 1. The average molecular weight is 355 g/mol. The van der Waals surface area contributed by atoms with Crippen molar-refractivity contribution in [3.8, 4) is 5.75 Å². The molecule has 26 heavy (non-hydrogen) atoms. The summed E-state index contributed by atoms with van der Waals surface area (Å²) in [5.74, 6) is -0.820. The molecule has 5 heteroatoms. The van der Waals surface area contributed by atoms with Crippen molar-refractivity contribution in [3.05, 3.63) is 65.2 Å². The standard InChI is InChI=1S/C21H25NO4/c1-15-3-5-17(6-4-15)11-12-22-20(23)14-26-19-9-7-18(8-10-19)13-16(2)21(24)25/h3-10,16H,11-14H2,1-2H3,(H,22,23)(H,24,25). The highest BCUT2D eigenvalue weighted by molar-refractivity contribution is 5.77. The fourth-order valence-electron chi connectivity index (χ4n) is 2.46. The van der Waals surface area contributed by atoms with Crippen LogP contribution in [0.5, 0.6) is 5.75 Å². The molecule has 0 radical (unpaired) electrons. The van der Waals surface area contributed by atoms with Crippen LogP contribution in [-0.2, 0) is 22.4 Å². The molecule has 1 amide bonds. The number of carboxylic acid groups (broad SMARTS) is 1. The number of amides is 1. The van der Waals surface area contributed by atoms with E-state index in [0.717, 1.165) is 12.0 Å². The Morgan fingerprint density at radius 2 is 1.65 bits per heavy atom.